The molecule has 1 rings (SSSR count). The molecule has 1 amide bonds. The fraction of sp³-hybridized carbons (Fsp3) is 0.909. The molecule has 4 nitrogen and oxygen atoms in total. The Morgan fingerprint density at radius 1 is 1.60 bits per heavy atom. The number of carbonyl (C=O) groups excluding carboxylic acids is 1. The number of ether oxygens (including phenoxy) is 1. The second-order valence-corrected chi connectivity index (χ2v) is 4.34. The van der Waals surface area contributed by atoms with E-state index < -0.39 is 0 Å². The molecule has 0 radical (unpaired) electrons. The first-order valence-electron chi connectivity index (χ1n) is 5.63. The molecule has 2 unspecified atom stereocenters. The fourth-order valence-electron chi connectivity index (χ4n) is 1.77. The highest BCUT2D eigenvalue weighted by molar-refractivity contribution is 5.80. The van der Waals surface area contributed by atoms with Gasteiger partial charge >= 0.3 is 0 Å². The van der Waals surface area contributed by atoms with E-state index in [-0.39, 0.29) is 12.0 Å². The van der Waals surface area contributed by atoms with Crippen LogP contribution in [0.3, 0.4) is 0 Å². The van der Waals surface area contributed by atoms with Gasteiger partial charge in [0.2, 0.25) is 0 Å². The highest BCUT2D eigenvalue weighted by atomic mass is 16.5. The van der Waals surface area contributed by atoms with Gasteiger partial charge in [0.15, 0.2) is 0 Å². The van der Waals surface area contributed by atoms with Gasteiger partial charge < -0.3 is 9.64 Å². The smallest absolute Gasteiger partial charge is 0.252 e. The van der Waals surface area contributed by atoms with Crippen molar-refractivity contribution in [3.8, 4) is 0 Å². The Balaban J connectivity index is 2.52. The number of likely N-dealkylation sites (N-methyl/N-ethyl adjacent to an activating group) is 1. The minimum atomic E-state index is -0.275. The van der Waals surface area contributed by atoms with Crippen LogP contribution >= 0.6 is 0 Å². The van der Waals surface area contributed by atoms with E-state index in [0.717, 1.165) is 19.5 Å². The maximum Gasteiger partial charge on any atom is 0.252 e. The molecule has 0 aromatic carbocycles. The monoisotopic (exact) mass is 214 g/mol. The normalized spacial score (nSPS) is 24.9. The lowest BCUT2D eigenvalue weighted by Gasteiger charge is -2.36. The third-order valence-electron chi connectivity index (χ3n) is 3.03. The van der Waals surface area contributed by atoms with Crippen molar-refractivity contribution in [2.45, 2.75) is 32.4 Å². The van der Waals surface area contributed by atoms with Gasteiger partial charge in [-0.15, -0.1) is 0 Å². The van der Waals surface area contributed by atoms with Crippen LogP contribution in [0.25, 0.3) is 0 Å². The summed E-state index contributed by atoms with van der Waals surface area (Å²) in [7, 11) is 3.54. The van der Waals surface area contributed by atoms with Crippen LogP contribution in [0.1, 0.15) is 20.3 Å². The van der Waals surface area contributed by atoms with Gasteiger partial charge in [0, 0.05) is 33.2 Å². The van der Waals surface area contributed by atoms with Gasteiger partial charge in [0.05, 0.1) is 6.61 Å². The maximum absolute atomic E-state index is 11.7. The molecule has 0 saturated carbocycles. The number of amides is 1. The number of nitrogens with zero attached hydrogens (tertiary/aromatic N) is 2. The summed E-state index contributed by atoms with van der Waals surface area (Å²) in [6, 6.07) is 0.534. The van der Waals surface area contributed by atoms with Crippen molar-refractivity contribution < 1.29 is 9.53 Å². The number of hydrogen-bond acceptors (Lipinski definition) is 3. The van der Waals surface area contributed by atoms with Crippen molar-refractivity contribution in [2.75, 3.05) is 33.8 Å². The van der Waals surface area contributed by atoms with E-state index in [1.165, 1.54) is 0 Å². The molecule has 1 saturated heterocycles. The Kier molecular flexibility index (Phi) is 4.54. The molecule has 0 aromatic rings. The minimum Gasteiger partial charge on any atom is -0.366 e. The molecule has 1 fully saturated rings. The Labute approximate surface area is 92.2 Å². The molecular weight excluding hydrogens is 192 g/mol. The van der Waals surface area contributed by atoms with Gasteiger partial charge in [-0.2, -0.15) is 0 Å². The molecule has 4 heteroatoms. The summed E-state index contributed by atoms with van der Waals surface area (Å²) >= 11 is 0. The van der Waals surface area contributed by atoms with Crippen LogP contribution in [0.2, 0.25) is 0 Å². The average molecular weight is 214 g/mol. The first kappa shape index (κ1) is 12.5. The molecule has 2 atom stereocenters. The Bertz CT molecular complexity index is 219. The molecule has 88 valence electrons. The Morgan fingerprint density at radius 3 is 2.80 bits per heavy atom. The zero-order valence-electron chi connectivity index (χ0n) is 10.2. The van der Waals surface area contributed by atoms with Crippen molar-refractivity contribution in [1.82, 2.24) is 9.80 Å². The van der Waals surface area contributed by atoms with Crippen LogP contribution < -0.4 is 0 Å². The van der Waals surface area contributed by atoms with Crippen LogP contribution in [0.4, 0.5) is 0 Å². The summed E-state index contributed by atoms with van der Waals surface area (Å²) in [6.45, 7) is 6.69. The zero-order chi connectivity index (χ0) is 11.4. The standard InChI is InChI=1S/C11H22N2O2/c1-5-9(2)13-6-7-15-10(8-13)11(14)12(3)4/h9-10H,5-8H2,1-4H3. The lowest BCUT2D eigenvalue weighted by atomic mass is 10.1. The highest BCUT2D eigenvalue weighted by Crippen LogP contribution is 2.12. The number of carbonyl (C=O) groups is 1. The van der Waals surface area contributed by atoms with E-state index in [1.807, 2.05) is 0 Å². The van der Waals surface area contributed by atoms with Crippen LogP contribution in [-0.2, 0) is 9.53 Å². The van der Waals surface area contributed by atoms with Crippen LogP contribution in [-0.4, -0.2) is 61.6 Å². The largest absolute Gasteiger partial charge is 0.366 e. The Morgan fingerprint density at radius 2 is 2.27 bits per heavy atom. The summed E-state index contributed by atoms with van der Waals surface area (Å²) in [6.07, 6.45) is 0.839. The molecule has 1 heterocycles. The molecule has 15 heavy (non-hydrogen) atoms. The van der Waals surface area contributed by atoms with E-state index in [2.05, 4.69) is 18.7 Å². The predicted molar refractivity (Wildman–Crippen MR) is 59.8 cm³/mol. The first-order valence-corrected chi connectivity index (χ1v) is 5.63. The average Bonchev–Trinajstić information content (AvgIpc) is 2.27. The Hall–Kier alpha value is -0.610. The first-order chi connectivity index (χ1) is 7.06. The third-order valence-corrected chi connectivity index (χ3v) is 3.03. The van der Waals surface area contributed by atoms with Crippen molar-refractivity contribution >= 4 is 5.91 Å². The number of morpholine rings is 1. The van der Waals surface area contributed by atoms with E-state index in [4.69, 9.17) is 4.74 Å². The second-order valence-electron chi connectivity index (χ2n) is 4.34. The van der Waals surface area contributed by atoms with Gasteiger partial charge in [0.1, 0.15) is 6.10 Å². The van der Waals surface area contributed by atoms with Crippen molar-refractivity contribution in [3.05, 3.63) is 0 Å². The van der Waals surface area contributed by atoms with Gasteiger partial charge in [0.25, 0.3) is 5.91 Å². The topological polar surface area (TPSA) is 32.8 Å². The lowest BCUT2D eigenvalue weighted by Crippen LogP contribution is -2.51. The lowest BCUT2D eigenvalue weighted by molar-refractivity contribution is -0.147. The van der Waals surface area contributed by atoms with Crippen LogP contribution in [0, 0.1) is 0 Å². The second kappa shape index (κ2) is 5.47. The highest BCUT2D eigenvalue weighted by Gasteiger charge is 2.29. The molecule has 1 aliphatic rings. The molecule has 0 aliphatic carbocycles. The van der Waals surface area contributed by atoms with Gasteiger partial charge in [-0.25, -0.2) is 0 Å². The van der Waals surface area contributed by atoms with Crippen molar-refractivity contribution in [1.29, 1.82) is 0 Å². The summed E-state index contributed by atoms with van der Waals surface area (Å²) < 4.78 is 5.49. The molecule has 0 bridgehead atoms. The molecule has 1 aliphatic heterocycles. The van der Waals surface area contributed by atoms with Gasteiger partial charge in [-0.05, 0) is 13.3 Å². The summed E-state index contributed by atoms with van der Waals surface area (Å²) in [5.74, 6) is 0.0722. The van der Waals surface area contributed by atoms with E-state index in [1.54, 1.807) is 19.0 Å². The number of rotatable bonds is 3. The fourth-order valence-corrected chi connectivity index (χ4v) is 1.77. The summed E-state index contributed by atoms with van der Waals surface area (Å²) in [5.41, 5.74) is 0. The third kappa shape index (κ3) is 3.18. The molecule has 0 aromatic heterocycles. The molecule has 0 spiro atoms. The van der Waals surface area contributed by atoms with Crippen LogP contribution in [0.15, 0.2) is 0 Å². The van der Waals surface area contributed by atoms with Gasteiger partial charge in [-0.3, -0.25) is 9.69 Å². The summed E-state index contributed by atoms with van der Waals surface area (Å²) in [4.78, 5) is 15.7. The van der Waals surface area contributed by atoms with Crippen LogP contribution in [0.5, 0.6) is 0 Å². The summed E-state index contributed by atoms with van der Waals surface area (Å²) in [5, 5.41) is 0. The molecule has 0 N–H and O–H groups in total. The maximum atomic E-state index is 11.7. The minimum absolute atomic E-state index is 0.0722. The quantitative estimate of drug-likeness (QED) is 0.689. The van der Waals surface area contributed by atoms with Gasteiger partial charge in [-0.1, -0.05) is 6.92 Å². The van der Waals surface area contributed by atoms with E-state index >= 15 is 0 Å². The predicted octanol–water partition coefficient (Wildman–Crippen LogP) is 0.574. The number of hydrogen-bond donors (Lipinski definition) is 0. The van der Waals surface area contributed by atoms with Crippen molar-refractivity contribution in [3.63, 3.8) is 0 Å². The zero-order valence-corrected chi connectivity index (χ0v) is 10.2. The van der Waals surface area contributed by atoms with Crippen molar-refractivity contribution in [2.24, 2.45) is 0 Å². The SMILES string of the molecule is CCC(C)N1CCOC(C(=O)N(C)C)C1. The van der Waals surface area contributed by atoms with E-state index in [0.29, 0.717) is 12.6 Å². The molecular formula is C11H22N2O2. The van der Waals surface area contributed by atoms with E-state index in [9.17, 15) is 4.79 Å².